The van der Waals surface area contributed by atoms with Gasteiger partial charge in [0.05, 0.1) is 12.1 Å². The van der Waals surface area contributed by atoms with Crippen molar-refractivity contribution in [2.75, 3.05) is 6.54 Å². The van der Waals surface area contributed by atoms with E-state index in [1.54, 1.807) is 0 Å². The molecule has 0 radical (unpaired) electrons. The van der Waals surface area contributed by atoms with Crippen LogP contribution in [-0.4, -0.2) is 6.54 Å². The Balaban J connectivity index is 4.42. The molecule has 0 aliphatic rings. The number of hydrogen-bond acceptors (Lipinski definition) is 3. The Morgan fingerprint density at radius 1 is 1.54 bits per heavy atom. The van der Waals surface area contributed by atoms with Crippen LogP contribution in [0.5, 0.6) is 0 Å². The molecule has 0 heterocycles. The van der Waals surface area contributed by atoms with Crippen molar-refractivity contribution in [1.82, 2.24) is 0 Å². The summed E-state index contributed by atoms with van der Waals surface area (Å²) in [6, 6.07) is 3.82. The smallest absolute Gasteiger partial charge is 0.147 e. The van der Waals surface area contributed by atoms with Crippen molar-refractivity contribution in [2.24, 2.45) is 10.5 Å². The Bertz CT molecular complexity index is 285. The van der Waals surface area contributed by atoms with E-state index in [1.165, 1.54) is 6.08 Å². The number of allylic oxidation sites excluding steroid dienone is 1. The van der Waals surface area contributed by atoms with E-state index in [2.05, 4.69) is 16.6 Å². The van der Waals surface area contributed by atoms with Gasteiger partial charge in [-0.15, -0.1) is 6.58 Å². The van der Waals surface area contributed by atoms with Gasteiger partial charge >= 0.3 is 0 Å². The second-order valence-corrected chi connectivity index (χ2v) is 2.50. The lowest BCUT2D eigenvalue weighted by molar-refractivity contribution is 0.491. The average Bonchev–Trinajstić information content (AvgIpc) is 2.17. The minimum atomic E-state index is -1.09. The molecular weight excluding hydrogens is 166 g/mol. The Hall–Kier alpha value is -1.97. The first-order chi connectivity index (χ1) is 6.24. The van der Waals surface area contributed by atoms with Crippen LogP contribution in [0.3, 0.4) is 0 Å². The highest BCUT2D eigenvalue weighted by Crippen LogP contribution is 2.25. The summed E-state index contributed by atoms with van der Waals surface area (Å²) in [7, 11) is 0. The molecule has 5 nitrogen and oxygen atoms in total. The summed E-state index contributed by atoms with van der Waals surface area (Å²) in [5, 5.41) is 20.8. The normalized spacial score (nSPS) is 9.08. The van der Waals surface area contributed by atoms with Crippen LogP contribution >= 0.6 is 0 Å². The predicted molar refractivity (Wildman–Crippen MR) is 47.1 cm³/mol. The van der Waals surface area contributed by atoms with E-state index in [1.807, 2.05) is 12.1 Å². The third-order valence-corrected chi connectivity index (χ3v) is 1.62. The van der Waals surface area contributed by atoms with E-state index in [-0.39, 0.29) is 13.0 Å². The summed E-state index contributed by atoms with van der Waals surface area (Å²) < 4.78 is 0. The highest BCUT2D eigenvalue weighted by atomic mass is 15.1. The third kappa shape index (κ3) is 3.29. The molecule has 0 rings (SSSR count). The fourth-order valence-corrected chi connectivity index (χ4v) is 0.862. The van der Waals surface area contributed by atoms with Crippen LogP contribution in [0.1, 0.15) is 12.8 Å². The Labute approximate surface area is 76.5 Å². The van der Waals surface area contributed by atoms with Gasteiger partial charge in [-0.1, -0.05) is 11.2 Å². The molecule has 0 aromatic carbocycles. The summed E-state index contributed by atoms with van der Waals surface area (Å²) in [5.41, 5.74) is 6.92. The van der Waals surface area contributed by atoms with E-state index in [0.717, 1.165) is 0 Å². The summed E-state index contributed by atoms with van der Waals surface area (Å²) >= 11 is 0. The number of hydrogen-bond donors (Lipinski definition) is 0. The summed E-state index contributed by atoms with van der Waals surface area (Å²) in [6.07, 6.45) is 2.06. The molecule has 5 heteroatoms. The number of nitrogens with zero attached hydrogens (tertiary/aromatic N) is 5. The van der Waals surface area contributed by atoms with Crippen molar-refractivity contribution < 1.29 is 0 Å². The SMILES string of the molecule is C=CCC(C#N)(C#N)CCN=[N+]=[N-]. The van der Waals surface area contributed by atoms with Gasteiger partial charge in [-0.3, -0.25) is 0 Å². The monoisotopic (exact) mass is 175 g/mol. The van der Waals surface area contributed by atoms with Crippen molar-refractivity contribution >= 4 is 0 Å². The zero-order valence-electron chi connectivity index (χ0n) is 7.14. The molecule has 0 unspecified atom stereocenters. The molecular formula is C8H9N5. The molecule has 0 N–H and O–H groups in total. The second kappa shape index (κ2) is 5.65. The molecule has 0 aliphatic carbocycles. The van der Waals surface area contributed by atoms with E-state index in [9.17, 15) is 0 Å². The predicted octanol–water partition coefficient (Wildman–Crippen LogP) is 2.30. The number of azide groups is 1. The van der Waals surface area contributed by atoms with Gasteiger partial charge in [0.2, 0.25) is 0 Å². The quantitative estimate of drug-likeness (QED) is 0.277. The molecule has 0 aliphatic heterocycles. The highest BCUT2D eigenvalue weighted by Gasteiger charge is 2.27. The van der Waals surface area contributed by atoms with Gasteiger partial charge in [0.15, 0.2) is 0 Å². The van der Waals surface area contributed by atoms with Crippen LogP contribution in [-0.2, 0) is 0 Å². The Morgan fingerprint density at radius 2 is 2.15 bits per heavy atom. The van der Waals surface area contributed by atoms with E-state index in [0.29, 0.717) is 6.42 Å². The molecule has 0 saturated heterocycles. The standard InChI is InChI=1S/C8H9N5/c1-2-3-8(6-9,7-10)4-5-12-13-11/h2H,1,3-5H2. The van der Waals surface area contributed by atoms with Gasteiger partial charge in [0.1, 0.15) is 5.41 Å². The molecule has 0 spiro atoms. The average molecular weight is 175 g/mol. The molecule has 13 heavy (non-hydrogen) atoms. The molecule has 0 bridgehead atoms. The number of rotatable bonds is 5. The minimum absolute atomic E-state index is 0.158. The van der Waals surface area contributed by atoms with E-state index < -0.39 is 5.41 Å². The van der Waals surface area contributed by atoms with Gasteiger partial charge in [-0.05, 0) is 18.4 Å². The van der Waals surface area contributed by atoms with Crippen molar-refractivity contribution in [1.29, 1.82) is 10.5 Å². The molecule has 0 amide bonds. The fraction of sp³-hybridized carbons (Fsp3) is 0.500. The van der Waals surface area contributed by atoms with Crippen LogP contribution in [0.4, 0.5) is 0 Å². The van der Waals surface area contributed by atoms with Gasteiger partial charge in [-0.25, -0.2) is 0 Å². The third-order valence-electron chi connectivity index (χ3n) is 1.62. The first kappa shape index (κ1) is 11.0. The van der Waals surface area contributed by atoms with Crippen LogP contribution in [0, 0.1) is 28.1 Å². The maximum atomic E-state index is 8.75. The number of nitriles is 2. The first-order valence-electron chi connectivity index (χ1n) is 3.69. The largest absolute Gasteiger partial charge is 0.197 e. The van der Waals surface area contributed by atoms with Crippen molar-refractivity contribution in [2.45, 2.75) is 12.8 Å². The molecule has 66 valence electrons. The topological polar surface area (TPSA) is 96.3 Å². The molecule has 0 aromatic rings. The lowest BCUT2D eigenvalue weighted by Crippen LogP contribution is -2.16. The summed E-state index contributed by atoms with van der Waals surface area (Å²) in [4.78, 5) is 2.55. The lowest BCUT2D eigenvalue weighted by atomic mass is 9.84. The molecule has 0 atom stereocenters. The first-order valence-corrected chi connectivity index (χ1v) is 3.69. The van der Waals surface area contributed by atoms with Crippen LogP contribution in [0.25, 0.3) is 10.4 Å². The van der Waals surface area contributed by atoms with Crippen molar-refractivity contribution in [3.63, 3.8) is 0 Å². The highest BCUT2D eigenvalue weighted by molar-refractivity contribution is 5.15. The second-order valence-electron chi connectivity index (χ2n) is 2.50. The molecule has 0 aromatic heterocycles. The Morgan fingerprint density at radius 3 is 2.54 bits per heavy atom. The van der Waals surface area contributed by atoms with Crippen LogP contribution < -0.4 is 0 Å². The van der Waals surface area contributed by atoms with E-state index in [4.69, 9.17) is 16.1 Å². The van der Waals surface area contributed by atoms with Crippen LogP contribution in [0.15, 0.2) is 17.8 Å². The van der Waals surface area contributed by atoms with E-state index >= 15 is 0 Å². The molecule has 0 saturated carbocycles. The summed E-state index contributed by atoms with van der Waals surface area (Å²) in [6.45, 7) is 3.62. The molecule has 0 fully saturated rings. The van der Waals surface area contributed by atoms with Gasteiger partial charge in [0, 0.05) is 11.5 Å². The minimum Gasteiger partial charge on any atom is -0.197 e. The van der Waals surface area contributed by atoms with Gasteiger partial charge < -0.3 is 0 Å². The fourth-order valence-electron chi connectivity index (χ4n) is 0.862. The van der Waals surface area contributed by atoms with Crippen LogP contribution in [0.2, 0.25) is 0 Å². The maximum Gasteiger partial charge on any atom is 0.147 e. The van der Waals surface area contributed by atoms with Gasteiger partial charge in [-0.2, -0.15) is 10.5 Å². The summed E-state index contributed by atoms with van der Waals surface area (Å²) in [5.74, 6) is 0. The van der Waals surface area contributed by atoms with Crippen molar-refractivity contribution in [3.8, 4) is 12.1 Å². The van der Waals surface area contributed by atoms with Crippen molar-refractivity contribution in [3.05, 3.63) is 23.1 Å². The zero-order valence-corrected chi connectivity index (χ0v) is 7.14. The lowest BCUT2D eigenvalue weighted by Gasteiger charge is -2.13. The zero-order chi connectivity index (χ0) is 10.2. The van der Waals surface area contributed by atoms with Gasteiger partial charge in [0.25, 0.3) is 0 Å². The Kier molecular flexibility index (Phi) is 4.79. The maximum absolute atomic E-state index is 8.75.